The maximum absolute atomic E-state index is 11.2. The highest BCUT2D eigenvalue weighted by molar-refractivity contribution is 5.77. The molecule has 0 bridgehead atoms. The van der Waals surface area contributed by atoms with Crippen LogP contribution in [-0.4, -0.2) is 24.2 Å². The second kappa shape index (κ2) is 6.25. The molecule has 94 valence electrons. The molecule has 1 rings (SSSR count). The zero-order valence-electron chi connectivity index (χ0n) is 10.5. The molecule has 1 aromatic carbocycles. The van der Waals surface area contributed by atoms with E-state index in [2.05, 4.69) is 5.32 Å². The average Bonchev–Trinajstić information content (AvgIpc) is 2.27. The Morgan fingerprint density at radius 2 is 2.24 bits per heavy atom. The molecule has 0 aliphatic rings. The van der Waals surface area contributed by atoms with Crippen LogP contribution in [-0.2, 0) is 4.79 Å². The van der Waals surface area contributed by atoms with Crippen molar-refractivity contribution in [3.63, 3.8) is 0 Å². The van der Waals surface area contributed by atoms with E-state index in [1.165, 1.54) is 0 Å². The molecule has 1 aromatic rings. The van der Waals surface area contributed by atoms with Crippen LogP contribution in [0.2, 0.25) is 0 Å². The van der Waals surface area contributed by atoms with Crippen LogP contribution >= 0.6 is 0 Å². The molecule has 0 saturated heterocycles. The lowest BCUT2D eigenvalue weighted by atomic mass is 10.1. The molecular formula is C13H19NO3. The third-order valence-electron chi connectivity index (χ3n) is 2.41. The Morgan fingerprint density at radius 1 is 1.53 bits per heavy atom. The zero-order valence-corrected chi connectivity index (χ0v) is 10.5. The van der Waals surface area contributed by atoms with Crippen LogP contribution in [0.3, 0.4) is 0 Å². The van der Waals surface area contributed by atoms with Crippen LogP contribution < -0.4 is 10.1 Å². The topological polar surface area (TPSA) is 58.6 Å². The van der Waals surface area contributed by atoms with E-state index in [1.54, 1.807) is 19.1 Å². The number of ether oxygens (including phenoxy) is 1. The summed E-state index contributed by atoms with van der Waals surface area (Å²) in [4.78, 5) is 11.2. The molecule has 17 heavy (non-hydrogen) atoms. The predicted octanol–water partition coefficient (Wildman–Crippen LogP) is 1.56. The number of benzene rings is 1. The lowest BCUT2D eigenvalue weighted by Gasteiger charge is -2.11. The summed E-state index contributed by atoms with van der Waals surface area (Å²) in [6.45, 7) is 6.08. The lowest BCUT2D eigenvalue weighted by Crippen LogP contribution is -2.28. The Labute approximate surface area is 102 Å². The van der Waals surface area contributed by atoms with Gasteiger partial charge < -0.3 is 15.2 Å². The van der Waals surface area contributed by atoms with Crippen LogP contribution in [0.4, 0.5) is 0 Å². The number of hydrogen-bond acceptors (Lipinski definition) is 3. The number of carbonyl (C=O) groups is 1. The van der Waals surface area contributed by atoms with E-state index < -0.39 is 6.10 Å². The highest BCUT2D eigenvalue weighted by Crippen LogP contribution is 2.22. The summed E-state index contributed by atoms with van der Waals surface area (Å²) in [5.74, 6) is 0.534. The van der Waals surface area contributed by atoms with Crippen LogP contribution in [0.5, 0.6) is 5.75 Å². The quantitative estimate of drug-likeness (QED) is 0.817. The molecule has 1 atom stereocenters. The summed E-state index contributed by atoms with van der Waals surface area (Å²) in [6.07, 6.45) is -0.494. The molecule has 4 nitrogen and oxygen atoms in total. The molecule has 2 N–H and O–H groups in total. The molecule has 4 heteroatoms. The van der Waals surface area contributed by atoms with E-state index in [4.69, 9.17) is 4.74 Å². The largest absolute Gasteiger partial charge is 0.484 e. The molecule has 0 heterocycles. The van der Waals surface area contributed by atoms with Crippen molar-refractivity contribution in [1.29, 1.82) is 0 Å². The van der Waals surface area contributed by atoms with Crippen molar-refractivity contribution < 1.29 is 14.6 Å². The van der Waals surface area contributed by atoms with Crippen molar-refractivity contribution in [2.75, 3.05) is 13.2 Å². The fourth-order valence-electron chi connectivity index (χ4n) is 1.49. The van der Waals surface area contributed by atoms with Crippen LogP contribution in [0, 0.1) is 6.92 Å². The lowest BCUT2D eigenvalue weighted by molar-refractivity contribution is -0.122. The van der Waals surface area contributed by atoms with Crippen molar-refractivity contribution in [3.05, 3.63) is 29.3 Å². The second-order valence-corrected chi connectivity index (χ2v) is 3.94. The third-order valence-corrected chi connectivity index (χ3v) is 2.41. The highest BCUT2D eigenvalue weighted by atomic mass is 16.5. The minimum absolute atomic E-state index is 0.0166. The Hall–Kier alpha value is -1.55. The first-order valence-corrected chi connectivity index (χ1v) is 5.72. The average molecular weight is 237 g/mol. The first-order chi connectivity index (χ1) is 8.04. The van der Waals surface area contributed by atoms with Gasteiger partial charge in [0, 0.05) is 6.54 Å². The van der Waals surface area contributed by atoms with Gasteiger partial charge in [-0.25, -0.2) is 0 Å². The molecule has 0 unspecified atom stereocenters. The standard InChI is InChI=1S/C13H19NO3/c1-4-14-13(16)8-17-12-6-5-11(10(3)15)7-9(12)2/h5-7,10,15H,4,8H2,1-3H3,(H,14,16)/t10-/m1/s1. The third kappa shape index (κ3) is 4.07. The SMILES string of the molecule is CCNC(=O)COc1ccc([C@@H](C)O)cc1C. The second-order valence-electron chi connectivity index (χ2n) is 3.94. The molecule has 1 amide bonds. The van der Waals surface area contributed by atoms with Crippen LogP contribution in [0.15, 0.2) is 18.2 Å². The predicted molar refractivity (Wildman–Crippen MR) is 66.0 cm³/mol. The molecule has 0 aliphatic carbocycles. The summed E-state index contributed by atoms with van der Waals surface area (Å²) in [7, 11) is 0. The number of hydrogen-bond donors (Lipinski definition) is 2. The number of nitrogens with one attached hydrogen (secondary N) is 1. The first-order valence-electron chi connectivity index (χ1n) is 5.72. The van der Waals surface area contributed by atoms with Crippen molar-refractivity contribution >= 4 is 5.91 Å². The van der Waals surface area contributed by atoms with Crippen molar-refractivity contribution in [1.82, 2.24) is 5.32 Å². The van der Waals surface area contributed by atoms with E-state index >= 15 is 0 Å². The van der Waals surface area contributed by atoms with Gasteiger partial charge in [-0.05, 0) is 44.0 Å². The van der Waals surface area contributed by atoms with Gasteiger partial charge >= 0.3 is 0 Å². The minimum atomic E-state index is -0.494. The molecule has 0 aromatic heterocycles. The Bertz CT molecular complexity index is 388. The highest BCUT2D eigenvalue weighted by Gasteiger charge is 2.06. The summed E-state index contributed by atoms with van der Waals surface area (Å²) in [6, 6.07) is 5.43. The molecule has 0 aliphatic heterocycles. The van der Waals surface area contributed by atoms with Gasteiger partial charge in [0.1, 0.15) is 5.75 Å². The van der Waals surface area contributed by atoms with Crippen LogP contribution in [0.1, 0.15) is 31.1 Å². The zero-order chi connectivity index (χ0) is 12.8. The molecule has 0 fully saturated rings. The van der Waals surface area contributed by atoms with E-state index in [1.807, 2.05) is 19.9 Å². The van der Waals surface area contributed by atoms with E-state index in [9.17, 15) is 9.90 Å². The Balaban J connectivity index is 2.63. The monoisotopic (exact) mass is 237 g/mol. The summed E-state index contributed by atoms with van der Waals surface area (Å²) >= 11 is 0. The van der Waals surface area contributed by atoms with Gasteiger partial charge in [-0.2, -0.15) is 0 Å². The first kappa shape index (κ1) is 13.5. The number of aliphatic hydroxyl groups excluding tert-OH is 1. The van der Waals surface area contributed by atoms with Crippen LogP contribution in [0.25, 0.3) is 0 Å². The number of aliphatic hydroxyl groups is 1. The number of likely N-dealkylation sites (N-methyl/N-ethyl adjacent to an activating group) is 1. The summed E-state index contributed by atoms with van der Waals surface area (Å²) in [5.41, 5.74) is 1.75. The number of amides is 1. The molecular weight excluding hydrogens is 218 g/mol. The fraction of sp³-hybridized carbons (Fsp3) is 0.462. The van der Waals surface area contributed by atoms with E-state index in [-0.39, 0.29) is 12.5 Å². The van der Waals surface area contributed by atoms with E-state index in [0.717, 1.165) is 11.1 Å². The number of rotatable bonds is 5. The Kier molecular flexibility index (Phi) is 4.97. The van der Waals surface area contributed by atoms with Gasteiger partial charge in [-0.15, -0.1) is 0 Å². The van der Waals surface area contributed by atoms with Crippen molar-refractivity contribution in [3.8, 4) is 5.75 Å². The summed E-state index contributed by atoms with van der Waals surface area (Å²) in [5, 5.41) is 12.1. The van der Waals surface area contributed by atoms with Gasteiger partial charge in [0.15, 0.2) is 6.61 Å². The molecule has 0 saturated carbocycles. The molecule has 0 spiro atoms. The van der Waals surface area contributed by atoms with Crippen molar-refractivity contribution in [2.45, 2.75) is 26.9 Å². The van der Waals surface area contributed by atoms with Gasteiger partial charge in [0.2, 0.25) is 0 Å². The summed E-state index contributed by atoms with van der Waals surface area (Å²) < 4.78 is 5.39. The smallest absolute Gasteiger partial charge is 0.257 e. The van der Waals surface area contributed by atoms with Gasteiger partial charge in [0.25, 0.3) is 5.91 Å². The van der Waals surface area contributed by atoms with Gasteiger partial charge in [-0.1, -0.05) is 6.07 Å². The molecule has 0 radical (unpaired) electrons. The fourth-order valence-corrected chi connectivity index (χ4v) is 1.49. The number of carbonyl (C=O) groups excluding carboxylic acids is 1. The number of aryl methyl sites for hydroxylation is 1. The normalized spacial score (nSPS) is 12.0. The van der Waals surface area contributed by atoms with E-state index in [0.29, 0.717) is 12.3 Å². The maximum atomic E-state index is 11.2. The minimum Gasteiger partial charge on any atom is -0.484 e. The Morgan fingerprint density at radius 3 is 2.76 bits per heavy atom. The van der Waals surface area contributed by atoms with Gasteiger partial charge in [-0.3, -0.25) is 4.79 Å². The van der Waals surface area contributed by atoms with Crippen molar-refractivity contribution in [2.24, 2.45) is 0 Å². The van der Waals surface area contributed by atoms with Gasteiger partial charge in [0.05, 0.1) is 6.10 Å². The maximum Gasteiger partial charge on any atom is 0.257 e.